The van der Waals surface area contributed by atoms with E-state index in [0.717, 1.165) is 22.4 Å². The molecule has 0 aromatic carbocycles. The van der Waals surface area contributed by atoms with Gasteiger partial charge in [0.05, 0.1) is 11.4 Å². The van der Waals surface area contributed by atoms with Crippen LogP contribution in [0.25, 0.3) is 0 Å². The highest BCUT2D eigenvalue weighted by atomic mass is 32.2. The molecule has 0 saturated heterocycles. The van der Waals surface area contributed by atoms with E-state index >= 15 is 0 Å². The molecule has 0 radical (unpaired) electrons. The van der Waals surface area contributed by atoms with Gasteiger partial charge in [0, 0.05) is 31.1 Å². The van der Waals surface area contributed by atoms with Gasteiger partial charge in [0.25, 0.3) is 5.91 Å². The minimum atomic E-state index is -0.169. The van der Waals surface area contributed by atoms with E-state index in [1.54, 1.807) is 17.8 Å². The maximum absolute atomic E-state index is 12.2. The first-order valence-corrected chi connectivity index (χ1v) is 12.7. The van der Waals surface area contributed by atoms with Crippen molar-refractivity contribution in [3.63, 3.8) is 0 Å². The van der Waals surface area contributed by atoms with Crippen molar-refractivity contribution in [1.82, 2.24) is 15.3 Å². The average Bonchev–Trinajstić information content (AvgIpc) is 3.24. The van der Waals surface area contributed by atoms with Crippen LogP contribution in [0.1, 0.15) is 88.7 Å². The van der Waals surface area contributed by atoms with Crippen LogP contribution in [0.2, 0.25) is 0 Å². The van der Waals surface area contributed by atoms with Gasteiger partial charge in [-0.1, -0.05) is 65.6 Å². The summed E-state index contributed by atoms with van der Waals surface area (Å²) in [5.41, 5.74) is 0.980. The Hall–Kier alpha value is -2.02. The normalized spacial score (nSPS) is 15.2. The summed E-state index contributed by atoms with van der Waals surface area (Å²) >= 11 is 1.55. The quantitative estimate of drug-likeness (QED) is 0.397. The largest absolute Gasteiger partial charge is 0.455 e. The van der Waals surface area contributed by atoms with E-state index in [4.69, 9.17) is 14.4 Å². The van der Waals surface area contributed by atoms with Crippen LogP contribution >= 0.6 is 11.8 Å². The Labute approximate surface area is 197 Å². The number of nitrogens with zero attached hydrogens (tertiary/aromatic N) is 3. The maximum Gasteiger partial charge on any atom is 0.287 e. The molecule has 176 valence electrons. The summed E-state index contributed by atoms with van der Waals surface area (Å²) in [7, 11) is 2.16. The lowest BCUT2D eigenvalue weighted by Gasteiger charge is -2.33. The summed E-state index contributed by atoms with van der Waals surface area (Å²) < 4.78 is 5.77. The summed E-state index contributed by atoms with van der Waals surface area (Å²) in [6, 6.07) is 6.28. The molecule has 0 atom stereocenters. The van der Waals surface area contributed by atoms with Crippen LogP contribution in [0, 0.1) is 5.92 Å². The molecule has 0 spiro atoms. The fraction of sp³-hybridized carbons (Fsp3) is 0.640. The smallest absolute Gasteiger partial charge is 0.287 e. The molecule has 1 saturated carbocycles. The second-order valence-corrected chi connectivity index (χ2v) is 11.1. The van der Waals surface area contributed by atoms with Gasteiger partial charge in [-0.2, -0.15) is 0 Å². The molecule has 7 heteroatoms. The third-order valence-corrected chi connectivity index (χ3v) is 6.71. The third-order valence-electron chi connectivity index (χ3n) is 5.84. The molecule has 2 aromatic heterocycles. The van der Waals surface area contributed by atoms with Crippen molar-refractivity contribution >= 4 is 23.5 Å². The van der Waals surface area contributed by atoms with E-state index in [0.29, 0.717) is 30.0 Å². The Morgan fingerprint density at radius 1 is 1.22 bits per heavy atom. The SMILES string of the molecule is CC(C)CNC(=O)c1ccc(CSc2nc(N(C)C3CCCCC3)cc(C(C)(C)C)n2)o1. The molecule has 2 heterocycles. The standard InChI is InChI=1S/C25H38N4O2S/c1-17(2)15-26-23(30)20-13-12-19(31-20)16-32-24-27-21(25(3,4)5)14-22(28-24)29(6)18-10-8-7-9-11-18/h12-14,17-18H,7-11,15-16H2,1-6H3,(H,26,30). The molecule has 0 aliphatic heterocycles. The monoisotopic (exact) mass is 458 g/mol. The van der Waals surface area contributed by atoms with Crippen LogP contribution in [0.5, 0.6) is 0 Å². The summed E-state index contributed by atoms with van der Waals surface area (Å²) in [4.78, 5) is 24.3. The number of amides is 1. The van der Waals surface area contributed by atoms with Gasteiger partial charge in [-0.25, -0.2) is 9.97 Å². The van der Waals surface area contributed by atoms with Gasteiger partial charge in [0.1, 0.15) is 11.6 Å². The van der Waals surface area contributed by atoms with Crippen LogP contribution in [-0.2, 0) is 11.2 Å². The predicted octanol–water partition coefficient (Wildman–Crippen LogP) is 5.81. The van der Waals surface area contributed by atoms with Crippen LogP contribution in [0.4, 0.5) is 5.82 Å². The number of thioether (sulfide) groups is 1. The Kier molecular flexibility index (Phi) is 8.26. The van der Waals surface area contributed by atoms with Gasteiger partial charge in [-0.05, 0) is 30.9 Å². The summed E-state index contributed by atoms with van der Waals surface area (Å²) in [5, 5.41) is 3.64. The van der Waals surface area contributed by atoms with Gasteiger partial charge in [0.2, 0.25) is 0 Å². The van der Waals surface area contributed by atoms with Crippen LogP contribution in [0.3, 0.4) is 0 Å². The fourth-order valence-electron chi connectivity index (χ4n) is 3.79. The first-order valence-electron chi connectivity index (χ1n) is 11.8. The van der Waals surface area contributed by atoms with Crippen molar-refractivity contribution in [2.75, 3.05) is 18.5 Å². The number of carbonyl (C=O) groups excluding carboxylic acids is 1. The zero-order chi connectivity index (χ0) is 23.3. The minimum Gasteiger partial charge on any atom is -0.455 e. The lowest BCUT2D eigenvalue weighted by molar-refractivity contribution is 0.0920. The molecule has 1 fully saturated rings. The van der Waals surface area contributed by atoms with Crippen LogP contribution in [-0.4, -0.2) is 35.5 Å². The average molecular weight is 459 g/mol. The summed E-state index contributed by atoms with van der Waals surface area (Å²) in [6.07, 6.45) is 6.37. The molecule has 1 N–H and O–H groups in total. The van der Waals surface area contributed by atoms with E-state index in [1.807, 2.05) is 6.07 Å². The molecular weight excluding hydrogens is 420 g/mol. The van der Waals surface area contributed by atoms with Gasteiger partial charge in [-0.15, -0.1) is 0 Å². The Balaban J connectivity index is 1.72. The highest BCUT2D eigenvalue weighted by Gasteiger charge is 2.24. The molecule has 1 aliphatic rings. The topological polar surface area (TPSA) is 71.3 Å². The number of hydrogen-bond acceptors (Lipinski definition) is 6. The molecule has 1 amide bonds. The lowest BCUT2D eigenvalue weighted by atomic mass is 9.91. The van der Waals surface area contributed by atoms with Crippen molar-refractivity contribution in [3.05, 3.63) is 35.4 Å². The Morgan fingerprint density at radius 3 is 2.59 bits per heavy atom. The van der Waals surface area contributed by atoms with Crippen molar-refractivity contribution < 1.29 is 9.21 Å². The first kappa shape index (κ1) is 24.6. The number of hydrogen-bond donors (Lipinski definition) is 1. The Bertz CT molecular complexity index is 898. The second kappa shape index (κ2) is 10.7. The van der Waals surface area contributed by atoms with E-state index in [-0.39, 0.29) is 11.3 Å². The first-order chi connectivity index (χ1) is 15.1. The molecular formula is C25H38N4O2S. The number of aromatic nitrogens is 2. The molecule has 32 heavy (non-hydrogen) atoms. The van der Waals surface area contributed by atoms with E-state index in [2.05, 4.69) is 57.9 Å². The summed E-state index contributed by atoms with van der Waals surface area (Å²) in [5.74, 6) is 2.90. The molecule has 0 bridgehead atoms. The van der Waals surface area contributed by atoms with Crippen molar-refractivity contribution in [3.8, 4) is 0 Å². The van der Waals surface area contributed by atoms with E-state index in [1.165, 1.54) is 32.1 Å². The van der Waals surface area contributed by atoms with Crippen LogP contribution in [0.15, 0.2) is 27.8 Å². The maximum atomic E-state index is 12.2. The van der Waals surface area contributed by atoms with Gasteiger partial charge < -0.3 is 14.6 Å². The lowest BCUT2D eigenvalue weighted by Crippen LogP contribution is -2.34. The number of furan rings is 1. The van der Waals surface area contributed by atoms with Crippen molar-refractivity contribution in [1.29, 1.82) is 0 Å². The van der Waals surface area contributed by atoms with E-state index in [9.17, 15) is 4.79 Å². The third kappa shape index (κ3) is 6.74. The minimum absolute atomic E-state index is 0.0627. The predicted molar refractivity (Wildman–Crippen MR) is 131 cm³/mol. The molecule has 2 aromatic rings. The highest BCUT2D eigenvalue weighted by molar-refractivity contribution is 7.98. The number of rotatable bonds is 8. The fourth-order valence-corrected chi connectivity index (χ4v) is 4.54. The van der Waals surface area contributed by atoms with Gasteiger partial charge >= 0.3 is 0 Å². The number of nitrogens with one attached hydrogen (secondary N) is 1. The number of carbonyl (C=O) groups is 1. The molecule has 0 unspecified atom stereocenters. The van der Waals surface area contributed by atoms with E-state index < -0.39 is 0 Å². The highest BCUT2D eigenvalue weighted by Crippen LogP contribution is 2.31. The zero-order valence-corrected chi connectivity index (χ0v) is 21.2. The zero-order valence-electron chi connectivity index (χ0n) is 20.4. The van der Waals surface area contributed by atoms with Gasteiger partial charge in [0.15, 0.2) is 10.9 Å². The van der Waals surface area contributed by atoms with Crippen LogP contribution < -0.4 is 10.2 Å². The second-order valence-electron chi connectivity index (χ2n) is 10.2. The molecule has 6 nitrogen and oxygen atoms in total. The molecule has 3 rings (SSSR count). The van der Waals surface area contributed by atoms with Crippen molar-refractivity contribution in [2.24, 2.45) is 5.92 Å². The molecule has 1 aliphatic carbocycles. The van der Waals surface area contributed by atoms with Gasteiger partial charge in [-0.3, -0.25) is 4.79 Å². The Morgan fingerprint density at radius 2 is 1.94 bits per heavy atom. The number of anilines is 1. The van der Waals surface area contributed by atoms with Crippen molar-refractivity contribution in [2.45, 2.75) is 89.1 Å². The summed E-state index contributed by atoms with van der Waals surface area (Å²) in [6.45, 7) is 11.3.